The van der Waals surface area contributed by atoms with Crippen LogP contribution >= 0.6 is 23.2 Å². The van der Waals surface area contributed by atoms with Gasteiger partial charge in [0.1, 0.15) is 0 Å². The van der Waals surface area contributed by atoms with Crippen molar-refractivity contribution in [2.24, 2.45) is 0 Å². The number of halogens is 2. The zero-order chi connectivity index (χ0) is 5.21. The van der Waals surface area contributed by atoms with Crippen molar-refractivity contribution in [3.63, 3.8) is 0 Å². The lowest BCUT2D eigenvalue weighted by Crippen LogP contribution is -1.98. The van der Waals surface area contributed by atoms with E-state index in [1.54, 1.807) is 0 Å². The second kappa shape index (κ2) is 1.73. The Morgan fingerprint density at radius 2 is 1.83 bits per heavy atom. The van der Waals surface area contributed by atoms with E-state index in [1.807, 2.05) is 5.92 Å². The van der Waals surface area contributed by atoms with Crippen molar-refractivity contribution in [1.82, 2.24) is 0 Å². The topological polar surface area (TPSA) is 0 Å². The normalized spacial score (nSPS) is 10.3. The average Bonchev–Trinajstić information content (AvgIpc) is 1.35. The smallest absolute Gasteiger partial charge is 0.117 e. The van der Waals surface area contributed by atoms with Gasteiger partial charge in [0.25, 0.3) is 0 Å². The van der Waals surface area contributed by atoms with Crippen molar-refractivity contribution >= 4 is 23.2 Å². The lowest BCUT2D eigenvalue weighted by molar-refractivity contribution is 1.35. The minimum Gasteiger partial charge on any atom is -0.117 e. The molecule has 0 aliphatic carbocycles. The van der Waals surface area contributed by atoms with Gasteiger partial charge in [-0.05, 0) is 6.92 Å². The highest BCUT2D eigenvalue weighted by Gasteiger charge is 2.08. The van der Waals surface area contributed by atoms with E-state index in [9.17, 15) is 0 Å². The summed E-state index contributed by atoms with van der Waals surface area (Å²) in [6.07, 6.45) is 4.73. The molecule has 0 spiro atoms. The van der Waals surface area contributed by atoms with Crippen LogP contribution in [0.25, 0.3) is 0 Å². The van der Waals surface area contributed by atoms with Crippen LogP contribution in [-0.4, -0.2) is 4.33 Å². The molecule has 0 aromatic rings. The maximum Gasteiger partial charge on any atom is 0.177 e. The van der Waals surface area contributed by atoms with Crippen LogP contribution in [0.4, 0.5) is 0 Å². The molecule has 33 valence electrons. The van der Waals surface area contributed by atoms with E-state index in [-0.39, 0.29) is 0 Å². The molecule has 6 heavy (non-hydrogen) atoms. The van der Waals surface area contributed by atoms with Gasteiger partial charge in [0, 0.05) is 0 Å². The average molecular weight is 122 g/mol. The molecule has 0 heterocycles. The van der Waals surface area contributed by atoms with Gasteiger partial charge in [-0.15, -0.1) is 6.42 Å². The summed E-state index contributed by atoms with van der Waals surface area (Å²) in [6, 6.07) is 0. The van der Waals surface area contributed by atoms with Crippen molar-refractivity contribution in [2.45, 2.75) is 4.33 Å². The van der Waals surface area contributed by atoms with Crippen molar-refractivity contribution in [2.75, 3.05) is 0 Å². The quantitative estimate of drug-likeness (QED) is 0.338. The third kappa shape index (κ3) is 4.14. The molecule has 0 nitrogen and oxygen atoms in total. The molecule has 1 radical (unpaired) electrons. The summed E-state index contributed by atoms with van der Waals surface area (Å²) in [5.41, 5.74) is 0. The molecule has 0 aliphatic rings. The molecule has 0 aromatic carbocycles. The summed E-state index contributed by atoms with van der Waals surface area (Å²) in [5.74, 6) is 2.02. The Bertz CT molecular complexity index is 72.5. The summed E-state index contributed by atoms with van der Waals surface area (Å²) < 4.78 is -1.24. The van der Waals surface area contributed by atoms with Gasteiger partial charge in [-0.1, -0.05) is 29.1 Å². The van der Waals surface area contributed by atoms with E-state index < -0.39 is 4.33 Å². The summed E-state index contributed by atoms with van der Waals surface area (Å²) in [5, 5.41) is 0. The molecular weight excluding hydrogens is 119 g/mol. The number of hydrogen-bond donors (Lipinski definition) is 0. The molecule has 0 unspecified atom stereocenters. The largest absolute Gasteiger partial charge is 0.177 e. The van der Waals surface area contributed by atoms with Crippen LogP contribution in [0.15, 0.2) is 0 Å². The number of hydrogen-bond acceptors (Lipinski definition) is 0. The van der Waals surface area contributed by atoms with E-state index in [0.29, 0.717) is 0 Å². The van der Waals surface area contributed by atoms with Gasteiger partial charge in [0.05, 0.1) is 0 Å². The van der Waals surface area contributed by atoms with Crippen LogP contribution < -0.4 is 0 Å². The fraction of sp³-hybridized carbons (Fsp3) is 0.250. The summed E-state index contributed by atoms with van der Waals surface area (Å²) in [6.45, 7) is 3.18. The first kappa shape index (κ1) is 6.14. The first-order valence-electron chi connectivity index (χ1n) is 1.27. The summed E-state index contributed by atoms with van der Waals surface area (Å²) in [4.78, 5) is 0. The Morgan fingerprint density at radius 3 is 1.83 bits per heavy atom. The molecule has 0 saturated carbocycles. The lowest BCUT2D eigenvalue weighted by Gasteiger charge is -1.97. The Balaban J connectivity index is 3.55. The zero-order valence-corrected chi connectivity index (χ0v) is 4.55. The van der Waals surface area contributed by atoms with Crippen molar-refractivity contribution in [3.05, 3.63) is 6.92 Å². The van der Waals surface area contributed by atoms with E-state index >= 15 is 0 Å². The van der Waals surface area contributed by atoms with E-state index in [2.05, 4.69) is 6.92 Å². The first-order chi connectivity index (χ1) is 2.56. The Kier molecular flexibility index (Phi) is 1.77. The minimum atomic E-state index is -1.24. The molecule has 0 rings (SSSR count). The van der Waals surface area contributed by atoms with Crippen LogP contribution in [0.5, 0.6) is 0 Å². The second-order valence-electron chi connectivity index (χ2n) is 0.849. The summed E-state index contributed by atoms with van der Waals surface area (Å²) in [7, 11) is 0. The number of terminal acetylenes is 1. The third-order valence-electron chi connectivity index (χ3n) is 0.211. The Hall–Kier alpha value is 0.140. The first-order valence-corrected chi connectivity index (χ1v) is 2.03. The van der Waals surface area contributed by atoms with Gasteiger partial charge in [-0.3, -0.25) is 0 Å². The van der Waals surface area contributed by atoms with E-state index in [1.165, 1.54) is 0 Å². The van der Waals surface area contributed by atoms with Crippen LogP contribution in [-0.2, 0) is 0 Å². The third-order valence-corrected chi connectivity index (χ3v) is 0.429. The molecule has 0 N–H and O–H groups in total. The van der Waals surface area contributed by atoms with Gasteiger partial charge in [0.15, 0.2) is 4.33 Å². The van der Waals surface area contributed by atoms with Gasteiger partial charge in [-0.2, -0.15) is 0 Å². The van der Waals surface area contributed by atoms with Crippen LogP contribution in [0, 0.1) is 19.3 Å². The molecule has 0 fully saturated rings. The van der Waals surface area contributed by atoms with Crippen molar-refractivity contribution in [1.29, 1.82) is 0 Å². The molecule has 0 amide bonds. The maximum atomic E-state index is 5.14. The standard InChI is InChI=1S/C4H3Cl2/c1-3-4(2,5)6/h1H,2H2. The van der Waals surface area contributed by atoms with Crippen LogP contribution in [0.3, 0.4) is 0 Å². The number of rotatable bonds is 0. The fourth-order valence-corrected chi connectivity index (χ4v) is 0. The summed E-state index contributed by atoms with van der Waals surface area (Å²) >= 11 is 10.3. The monoisotopic (exact) mass is 121 g/mol. The highest BCUT2D eigenvalue weighted by Crippen LogP contribution is 2.15. The molecule has 0 bridgehead atoms. The molecule has 0 aromatic heterocycles. The van der Waals surface area contributed by atoms with E-state index in [0.717, 1.165) is 0 Å². The molecule has 2 heteroatoms. The zero-order valence-electron chi connectivity index (χ0n) is 3.04. The minimum absolute atomic E-state index is 1.24. The van der Waals surface area contributed by atoms with Crippen molar-refractivity contribution < 1.29 is 0 Å². The Morgan fingerprint density at radius 1 is 1.67 bits per heavy atom. The van der Waals surface area contributed by atoms with Gasteiger partial charge in [0.2, 0.25) is 0 Å². The predicted octanol–water partition coefficient (Wildman–Crippen LogP) is 1.63. The lowest BCUT2D eigenvalue weighted by atomic mass is 10.5. The highest BCUT2D eigenvalue weighted by atomic mass is 35.5. The van der Waals surface area contributed by atoms with Crippen LogP contribution in [0.2, 0.25) is 0 Å². The molecule has 0 atom stereocenters. The van der Waals surface area contributed by atoms with Gasteiger partial charge in [-0.25, -0.2) is 0 Å². The molecule has 0 aliphatic heterocycles. The van der Waals surface area contributed by atoms with E-state index in [4.69, 9.17) is 29.6 Å². The molecule has 0 saturated heterocycles. The van der Waals surface area contributed by atoms with Crippen molar-refractivity contribution in [3.8, 4) is 12.3 Å². The maximum absolute atomic E-state index is 5.14. The fourth-order valence-electron chi connectivity index (χ4n) is 0. The Labute approximate surface area is 47.4 Å². The molecular formula is C4H3Cl2. The van der Waals surface area contributed by atoms with Gasteiger partial charge >= 0.3 is 0 Å². The predicted molar refractivity (Wildman–Crippen MR) is 28.6 cm³/mol. The van der Waals surface area contributed by atoms with Gasteiger partial charge < -0.3 is 0 Å². The second-order valence-corrected chi connectivity index (χ2v) is 2.33. The van der Waals surface area contributed by atoms with Crippen LogP contribution in [0.1, 0.15) is 0 Å². The SMILES string of the molecule is C#CC([CH2])(Cl)Cl. The highest BCUT2D eigenvalue weighted by molar-refractivity contribution is 6.51. The number of alkyl halides is 2.